The first-order chi connectivity index (χ1) is 7.85. The Morgan fingerprint density at radius 3 is 2.82 bits per heavy atom. The average molecular weight is 271 g/mol. The first-order valence-corrected chi connectivity index (χ1v) is 7.13. The minimum atomic E-state index is -3.54. The third-order valence-corrected chi connectivity index (χ3v) is 3.38. The van der Waals surface area contributed by atoms with Gasteiger partial charge in [-0.1, -0.05) is 0 Å². The minimum absolute atomic E-state index is 0.114. The van der Waals surface area contributed by atoms with Gasteiger partial charge in [-0.3, -0.25) is 5.41 Å². The van der Waals surface area contributed by atoms with Crippen LogP contribution in [0.5, 0.6) is 5.75 Å². The Hall–Kier alpha value is -1.67. The molecule has 17 heavy (non-hydrogen) atoms. The topological polar surface area (TPSA) is 106 Å². The summed E-state index contributed by atoms with van der Waals surface area (Å²) in [6.45, 7) is 0. The molecule has 0 amide bonds. The number of hydrogen-bond acceptors (Lipinski definition) is 6. The Labute approximate surface area is 102 Å². The molecule has 0 unspecified atom stereocenters. The average Bonchev–Trinajstić information content (AvgIpc) is 2.57. The van der Waals surface area contributed by atoms with E-state index in [0.29, 0.717) is 10.5 Å². The molecule has 0 bridgehead atoms. The van der Waals surface area contributed by atoms with Crippen molar-refractivity contribution in [2.45, 2.75) is 0 Å². The lowest BCUT2D eigenvalue weighted by molar-refractivity contribution is 0.493. The molecule has 0 aliphatic carbocycles. The Bertz CT molecular complexity index is 691. The van der Waals surface area contributed by atoms with Gasteiger partial charge in [-0.25, -0.2) is 4.98 Å². The summed E-state index contributed by atoms with van der Waals surface area (Å²) in [6, 6.07) is 4.69. The number of benzene rings is 1. The molecule has 3 N–H and O–H groups in total. The van der Waals surface area contributed by atoms with Crippen LogP contribution in [-0.2, 0) is 10.1 Å². The van der Waals surface area contributed by atoms with E-state index >= 15 is 0 Å². The molecule has 90 valence electrons. The first-order valence-electron chi connectivity index (χ1n) is 4.49. The van der Waals surface area contributed by atoms with E-state index in [4.69, 9.17) is 15.3 Å². The van der Waals surface area contributed by atoms with Crippen LogP contribution in [0.1, 0.15) is 5.01 Å². The van der Waals surface area contributed by atoms with Crippen LogP contribution >= 0.6 is 11.3 Å². The maximum Gasteiger partial charge on any atom is 0.306 e. The number of nitrogens with zero attached hydrogens (tertiary/aromatic N) is 1. The van der Waals surface area contributed by atoms with Crippen molar-refractivity contribution in [3.05, 3.63) is 23.2 Å². The Kier molecular flexibility index (Phi) is 2.76. The molecule has 2 rings (SSSR count). The van der Waals surface area contributed by atoms with Gasteiger partial charge in [0.25, 0.3) is 0 Å². The normalized spacial score (nSPS) is 11.6. The fourth-order valence-electron chi connectivity index (χ4n) is 1.25. The molecule has 0 fully saturated rings. The van der Waals surface area contributed by atoms with Gasteiger partial charge in [0.2, 0.25) is 0 Å². The number of nitrogens with two attached hydrogens (primary N) is 1. The highest BCUT2D eigenvalue weighted by Crippen LogP contribution is 2.26. The van der Waals surface area contributed by atoms with E-state index in [1.54, 1.807) is 12.1 Å². The van der Waals surface area contributed by atoms with Crippen LogP contribution in [0.15, 0.2) is 18.2 Å². The lowest BCUT2D eigenvalue weighted by atomic mass is 10.3. The summed E-state index contributed by atoms with van der Waals surface area (Å²) in [5, 5.41) is 7.66. The molecule has 1 aromatic carbocycles. The van der Waals surface area contributed by atoms with Gasteiger partial charge >= 0.3 is 10.1 Å². The number of fused-ring (bicyclic) bond motifs is 1. The van der Waals surface area contributed by atoms with E-state index in [-0.39, 0.29) is 11.6 Å². The molecule has 0 saturated carbocycles. The van der Waals surface area contributed by atoms with E-state index in [1.807, 2.05) is 0 Å². The number of amidine groups is 1. The second-order valence-corrected chi connectivity index (χ2v) is 5.96. The molecule has 0 aliphatic rings. The van der Waals surface area contributed by atoms with Crippen molar-refractivity contribution in [2.75, 3.05) is 6.26 Å². The largest absolute Gasteiger partial charge is 0.383 e. The maximum absolute atomic E-state index is 11.0. The number of hydrogen-bond donors (Lipinski definition) is 2. The number of rotatable bonds is 3. The standard InChI is InChI=1S/C9H9N3O3S2/c1-17(13,14)15-5-2-3-6-7(4-5)16-9(12-6)8(10)11/h2-4H,1H3,(H3,10,11). The van der Waals surface area contributed by atoms with Gasteiger partial charge in [-0.2, -0.15) is 8.42 Å². The molecule has 0 aliphatic heterocycles. The van der Waals surface area contributed by atoms with Crippen LogP contribution in [0.2, 0.25) is 0 Å². The second kappa shape index (κ2) is 3.97. The smallest absolute Gasteiger partial charge is 0.306 e. The summed E-state index contributed by atoms with van der Waals surface area (Å²) in [5.74, 6) is 0.107. The summed E-state index contributed by atoms with van der Waals surface area (Å²) >= 11 is 1.21. The number of aromatic nitrogens is 1. The van der Waals surface area contributed by atoms with E-state index in [2.05, 4.69) is 4.98 Å². The molecule has 6 nitrogen and oxygen atoms in total. The van der Waals surface area contributed by atoms with Crippen molar-refractivity contribution in [1.29, 1.82) is 5.41 Å². The van der Waals surface area contributed by atoms with Crippen molar-refractivity contribution >= 4 is 37.5 Å². The Balaban J connectivity index is 2.47. The lowest BCUT2D eigenvalue weighted by Crippen LogP contribution is -2.09. The zero-order chi connectivity index (χ0) is 12.6. The van der Waals surface area contributed by atoms with Crippen LogP contribution in [0, 0.1) is 5.41 Å². The van der Waals surface area contributed by atoms with E-state index < -0.39 is 10.1 Å². The van der Waals surface area contributed by atoms with Crippen molar-refractivity contribution in [3.63, 3.8) is 0 Å². The highest BCUT2D eigenvalue weighted by Gasteiger charge is 2.09. The number of nitrogens with one attached hydrogen (secondary N) is 1. The van der Waals surface area contributed by atoms with Gasteiger partial charge in [0.1, 0.15) is 5.75 Å². The van der Waals surface area contributed by atoms with Gasteiger partial charge in [0, 0.05) is 6.07 Å². The molecule has 8 heteroatoms. The van der Waals surface area contributed by atoms with Crippen LogP contribution < -0.4 is 9.92 Å². The molecule has 2 aromatic rings. The Morgan fingerprint density at radius 2 is 2.24 bits per heavy atom. The number of thiazole rings is 1. The molecule has 0 spiro atoms. The Morgan fingerprint density at radius 1 is 1.53 bits per heavy atom. The van der Waals surface area contributed by atoms with Crippen LogP contribution in [0.3, 0.4) is 0 Å². The predicted octanol–water partition coefficient (Wildman–Crippen LogP) is 0.919. The quantitative estimate of drug-likeness (QED) is 0.490. The van der Waals surface area contributed by atoms with E-state index in [9.17, 15) is 8.42 Å². The van der Waals surface area contributed by atoms with Crippen molar-refractivity contribution in [1.82, 2.24) is 4.98 Å². The van der Waals surface area contributed by atoms with Gasteiger partial charge in [-0.05, 0) is 12.1 Å². The molecule has 1 heterocycles. The van der Waals surface area contributed by atoms with Crippen molar-refractivity contribution in [2.24, 2.45) is 5.73 Å². The number of nitrogen functional groups attached to an aromatic ring is 1. The summed E-state index contributed by atoms with van der Waals surface area (Å²) < 4.78 is 27.4. The molecular formula is C9H9N3O3S2. The molecule has 1 aromatic heterocycles. The van der Waals surface area contributed by atoms with Gasteiger partial charge in [-0.15, -0.1) is 11.3 Å². The SMILES string of the molecule is CS(=O)(=O)Oc1ccc2nc(C(=N)N)sc2c1. The molecule has 0 saturated heterocycles. The fraction of sp³-hybridized carbons (Fsp3) is 0.111. The minimum Gasteiger partial charge on any atom is -0.383 e. The summed E-state index contributed by atoms with van der Waals surface area (Å²) in [6.07, 6.45) is 0.977. The summed E-state index contributed by atoms with van der Waals surface area (Å²) in [5.41, 5.74) is 5.98. The van der Waals surface area contributed by atoms with Gasteiger partial charge < -0.3 is 9.92 Å². The highest BCUT2D eigenvalue weighted by atomic mass is 32.2. The monoisotopic (exact) mass is 271 g/mol. The van der Waals surface area contributed by atoms with Gasteiger partial charge in [0.05, 0.1) is 16.5 Å². The van der Waals surface area contributed by atoms with E-state index in [1.165, 1.54) is 17.4 Å². The molecule has 0 radical (unpaired) electrons. The third-order valence-electron chi connectivity index (χ3n) is 1.84. The van der Waals surface area contributed by atoms with E-state index in [0.717, 1.165) is 11.0 Å². The molecule has 0 atom stereocenters. The fourth-order valence-corrected chi connectivity index (χ4v) is 2.56. The summed E-state index contributed by atoms with van der Waals surface area (Å²) in [4.78, 5) is 4.11. The molecular weight excluding hydrogens is 262 g/mol. The predicted molar refractivity (Wildman–Crippen MR) is 66.1 cm³/mol. The van der Waals surface area contributed by atoms with Crippen molar-refractivity contribution in [3.8, 4) is 5.75 Å². The highest BCUT2D eigenvalue weighted by molar-refractivity contribution is 7.86. The third kappa shape index (κ3) is 2.71. The van der Waals surface area contributed by atoms with Crippen LogP contribution in [0.25, 0.3) is 10.2 Å². The zero-order valence-electron chi connectivity index (χ0n) is 8.80. The maximum atomic E-state index is 11.0. The van der Waals surface area contributed by atoms with Crippen molar-refractivity contribution < 1.29 is 12.6 Å². The van der Waals surface area contributed by atoms with Crippen LogP contribution in [-0.4, -0.2) is 25.5 Å². The summed E-state index contributed by atoms with van der Waals surface area (Å²) in [7, 11) is -3.54. The lowest BCUT2D eigenvalue weighted by Gasteiger charge is -2.01. The van der Waals surface area contributed by atoms with Gasteiger partial charge in [0.15, 0.2) is 10.8 Å². The van der Waals surface area contributed by atoms with Crippen LogP contribution in [0.4, 0.5) is 0 Å². The second-order valence-electron chi connectivity index (χ2n) is 3.35. The zero-order valence-corrected chi connectivity index (χ0v) is 10.4. The first kappa shape index (κ1) is 11.8.